The fraction of sp³-hybridized carbons (Fsp3) is 0.368. The normalized spacial score (nSPS) is 15.0. The highest BCUT2D eigenvalue weighted by molar-refractivity contribution is 7.19. The number of urea groups is 1. The SMILES string of the molecule is NCC1CCN(C(=O)OCc2ccccc2)CC1.O=C(NCC1CCN(C(=O)OCc2ccccc2)CC1)Nc1ncc(-c2ccccc2)s1. The molecule has 0 radical (unpaired) electrons. The minimum absolute atomic E-state index is 0.214. The first kappa shape index (κ1) is 36.3. The Hall–Kier alpha value is -4.94. The number of carbonyl (C=O) groups is 3. The molecule has 0 atom stereocenters. The number of nitrogens with zero attached hydrogens (tertiary/aromatic N) is 3. The van der Waals surface area contributed by atoms with E-state index in [4.69, 9.17) is 15.2 Å². The molecule has 12 heteroatoms. The van der Waals surface area contributed by atoms with Crippen molar-refractivity contribution in [2.45, 2.75) is 38.9 Å². The van der Waals surface area contributed by atoms with Crippen molar-refractivity contribution in [2.75, 3.05) is 44.6 Å². The molecule has 3 aromatic carbocycles. The second kappa shape index (κ2) is 19.3. The molecule has 4 aromatic rings. The molecule has 2 aliphatic rings. The number of carbonyl (C=O) groups excluding carboxylic acids is 3. The second-order valence-electron chi connectivity index (χ2n) is 12.4. The van der Waals surface area contributed by atoms with Crippen LogP contribution in [0, 0.1) is 11.8 Å². The van der Waals surface area contributed by atoms with E-state index in [1.54, 1.807) is 16.0 Å². The molecule has 4 N–H and O–H groups in total. The predicted molar refractivity (Wildman–Crippen MR) is 195 cm³/mol. The number of hydrogen-bond acceptors (Lipinski definition) is 8. The molecular weight excluding hydrogens is 653 g/mol. The number of rotatable bonds is 9. The summed E-state index contributed by atoms with van der Waals surface area (Å²) in [5.74, 6) is 0.887. The molecule has 2 saturated heterocycles. The first-order valence-electron chi connectivity index (χ1n) is 17.1. The van der Waals surface area contributed by atoms with Gasteiger partial charge in [-0.15, -0.1) is 0 Å². The van der Waals surface area contributed by atoms with Crippen molar-refractivity contribution in [1.82, 2.24) is 20.1 Å². The van der Waals surface area contributed by atoms with Gasteiger partial charge in [0.1, 0.15) is 13.2 Å². The van der Waals surface area contributed by atoms with Crippen LogP contribution in [0.5, 0.6) is 0 Å². The topological polar surface area (TPSA) is 139 Å². The fourth-order valence-corrected chi connectivity index (χ4v) is 6.56. The number of nitrogens with one attached hydrogen (secondary N) is 2. The summed E-state index contributed by atoms with van der Waals surface area (Å²) in [5, 5.41) is 6.29. The average Bonchev–Trinajstić information content (AvgIpc) is 3.65. The summed E-state index contributed by atoms with van der Waals surface area (Å²) in [6.07, 6.45) is 4.90. The number of thiazole rings is 1. The average molecular weight is 699 g/mol. The van der Waals surface area contributed by atoms with E-state index in [9.17, 15) is 14.4 Å². The van der Waals surface area contributed by atoms with Crippen molar-refractivity contribution in [2.24, 2.45) is 17.6 Å². The Morgan fingerprint density at radius 1 is 0.720 bits per heavy atom. The molecule has 0 unspecified atom stereocenters. The van der Waals surface area contributed by atoms with Gasteiger partial charge in [0.15, 0.2) is 5.13 Å². The van der Waals surface area contributed by atoms with Crippen molar-refractivity contribution in [3.8, 4) is 10.4 Å². The third kappa shape index (κ3) is 11.6. The van der Waals surface area contributed by atoms with Crippen LogP contribution in [0.3, 0.4) is 0 Å². The van der Waals surface area contributed by atoms with Gasteiger partial charge in [-0.05, 0) is 60.8 Å². The van der Waals surface area contributed by atoms with Crippen LogP contribution in [0.4, 0.5) is 19.5 Å². The highest BCUT2D eigenvalue weighted by atomic mass is 32.1. The number of hydrogen-bond donors (Lipinski definition) is 3. The van der Waals surface area contributed by atoms with Crippen molar-refractivity contribution >= 4 is 34.7 Å². The van der Waals surface area contributed by atoms with Crippen molar-refractivity contribution < 1.29 is 23.9 Å². The number of ether oxygens (including phenoxy) is 2. The Bertz CT molecular complexity index is 1610. The summed E-state index contributed by atoms with van der Waals surface area (Å²) in [6, 6.07) is 29.1. The van der Waals surface area contributed by atoms with Crippen LogP contribution in [0.25, 0.3) is 10.4 Å². The van der Waals surface area contributed by atoms with E-state index in [0.29, 0.717) is 49.8 Å². The molecule has 2 fully saturated rings. The maximum atomic E-state index is 12.3. The lowest BCUT2D eigenvalue weighted by Gasteiger charge is -2.31. The smallest absolute Gasteiger partial charge is 0.410 e. The molecule has 0 aliphatic carbocycles. The summed E-state index contributed by atoms with van der Waals surface area (Å²) in [6.45, 7) is 4.69. The quantitative estimate of drug-likeness (QED) is 0.172. The third-order valence-corrected chi connectivity index (χ3v) is 9.79. The van der Waals surface area contributed by atoms with Gasteiger partial charge < -0.3 is 30.3 Å². The minimum Gasteiger partial charge on any atom is -0.445 e. The molecule has 0 saturated carbocycles. The van der Waals surface area contributed by atoms with E-state index in [1.807, 2.05) is 91.0 Å². The zero-order valence-electron chi connectivity index (χ0n) is 28.2. The zero-order chi connectivity index (χ0) is 35.0. The van der Waals surface area contributed by atoms with E-state index in [-0.39, 0.29) is 24.8 Å². The maximum Gasteiger partial charge on any atom is 0.410 e. The maximum absolute atomic E-state index is 12.3. The van der Waals surface area contributed by atoms with E-state index in [1.165, 1.54) is 11.3 Å². The van der Waals surface area contributed by atoms with Crippen LogP contribution in [-0.4, -0.2) is 72.3 Å². The number of amides is 4. The number of aromatic nitrogens is 1. The van der Waals surface area contributed by atoms with Gasteiger partial charge in [-0.2, -0.15) is 0 Å². The Balaban J connectivity index is 0.000000228. The summed E-state index contributed by atoms with van der Waals surface area (Å²) < 4.78 is 10.7. The number of nitrogens with two attached hydrogens (primary N) is 1. The molecule has 50 heavy (non-hydrogen) atoms. The highest BCUT2D eigenvalue weighted by Gasteiger charge is 2.25. The molecular formula is C38H46N6O5S. The third-order valence-electron chi connectivity index (χ3n) is 8.82. The molecule has 6 rings (SSSR count). The van der Waals surface area contributed by atoms with Gasteiger partial charge in [0.2, 0.25) is 0 Å². The highest BCUT2D eigenvalue weighted by Crippen LogP contribution is 2.28. The largest absolute Gasteiger partial charge is 0.445 e. The molecule has 2 aliphatic heterocycles. The first-order valence-corrected chi connectivity index (χ1v) is 18.0. The molecule has 0 spiro atoms. The molecule has 3 heterocycles. The van der Waals surface area contributed by atoms with Crippen molar-refractivity contribution in [3.63, 3.8) is 0 Å². The number of anilines is 1. The molecule has 4 amide bonds. The predicted octanol–water partition coefficient (Wildman–Crippen LogP) is 6.97. The van der Waals surface area contributed by atoms with Crippen LogP contribution in [-0.2, 0) is 22.7 Å². The Labute approximate surface area is 297 Å². The summed E-state index contributed by atoms with van der Waals surface area (Å²) in [5.41, 5.74) is 8.69. The van der Waals surface area contributed by atoms with E-state index in [0.717, 1.165) is 60.3 Å². The molecule has 264 valence electrons. The number of benzene rings is 3. The molecule has 1 aromatic heterocycles. The Morgan fingerprint density at radius 2 is 1.20 bits per heavy atom. The zero-order valence-corrected chi connectivity index (χ0v) is 29.1. The summed E-state index contributed by atoms with van der Waals surface area (Å²) in [7, 11) is 0. The van der Waals surface area contributed by atoms with Gasteiger partial charge in [0.25, 0.3) is 0 Å². The van der Waals surface area contributed by atoms with Gasteiger partial charge in [-0.25, -0.2) is 19.4 Å². The Morgan fingerprint density at radius 3 is 1.70 bits per heavy atom. The van der Waals surface area contributed by atoms with Crippen LogP contribution < -0.4 is 16.4 Å². The van der Waals surface area contributed by atoms with Crippen molar-refractivity contribution in [3.05, 3.63) is 108 Å². The summed E-state index contributed by atoms with van der Waals surface area (Å²) in [4.78, 5) is 45.2. The molecule has 0 bridgehead atoms. The van der Waals surface area contributed by atoms with Gasteiger partial charge in [0, 0.05) is 38.9 Å². The van der Waals surface area contributed by atoms with Crippen LogP contribution in [0.2, 0.25) is 0 Å². The standard InChI is InChI=1S/C24H26N4O3S.C14H20N2O2/c29-22(27-23-26-16-21(32-23)20-9-5-2-6-10-20)25-15-18-11-13-28(14-12-18)24(30)31-17-19-7-3-1-4-8-19;15-10-12-6-8-16(9-7-12)14(17)18-11-13-4-2-1-3-5-13/h1-10,16,18H,11-15,17H2,(H2,25,26,27,29);1-5,12H,6-11,15H2. The second-order valence-corrected chi connectivity index (χ2v) is 13.4. The van der Waals surface area contributed by atoms with E-state index in [2.05, 4.69) is 15.6 Å². The van der Waals surface area contributed by atoms with Crippen LogP contribution in [0.15, 0.2) is 97.2 Å². The number of piperidine rings is 2. The van der Waals surface area contributed by atoms with E-state index >= 15 is 0 Å². The van der Waals surface area contributed by atoms with Gasteiger partial charge >= 0.3 is 18.2 Å². The molecule has 11 nitrogen and oxygen atoms in total. The lowest BCUT2D eigenvalue weighted by molar-refractivity contribution is 0.0820. The van der Waals surface area contributed by atoms with Gasteiger partial charge in [0.05, 0.1) is 4.88 Å². The lowest BCUT2D eigenvalue weighted by Crippen LogP contribution is -2.42. The minimum atomic E-state index is -0.281. The lowest BCUT2D eigenvalue weighted by atomic mass is 9.97. The fourth-order valence-electron chi connectivity index (χ4n) is 5.74. The van der Waals surface area contributed by atoms with Gasteiger partial charge in [-0.3, -0.25) is 5.32 Å². The van der Waals surface area contributed by atoms with E-state index < -0.39 is 0 Å². The van der Waals surface area contributed by atoms with Gasteiger partial charge in [-0.1, -0.05) is 102 Å². The van der Waals surface area contributed by atoms with Crippen LogP contribution in [0.1, 0.15) is 36.8 Å². The van der Waals surface area contributed by atoms with Crippen molar-refractivity contribution in [1.29, 1.82) is 0 Å². The van der Waals surface area contributed by atoms with Crippen LogP contribution >= 0.6 is 11.3 Å². The Kier molecular flexibility index (Phi) is 14.0. The number of likely N-dealkylation sites (tertiary alicyclic amines) is 2. The first-order chi connectivity index (χ1) is 24.5. The monoisotopic (exact) mass is 698 g/mol. The summed E-state index contributed by atoms with van der Waals surface area (Å²) >= 11 is 1.44.